The quantitative estimate of drug-likeness (QED) is 0.533. The second-order valence-electron chi connectivity index (χ2n) is 8.18. The highest BCUT2D eigenvalue weighted by atomic mass is 32.2. The Morgan fingerprint density at radius 1 is 0.967 bits per heavy atom. The van der Waals surface area contributed by atoms with Crippen LogP contribution in [0.15, 0.2) is 65.8 Å². The number of benzene rings is 2. The number of sulfonamides is 1. The van der Waals surface area contributed by atoms with E-state index in [0.717, 1.165) is 16.5 Å². The van der Waals surface area contributed by atoms with E-state index in [2.05, 4.69) is 40.6 Å². The van der Waals surface area contributed by atoms with Crippen LogP contribution in [0.1, 0.15) is 32.0 Å². The van der Waals surface area contributed by atoms with Crippen LogP contribution >= 0.6 is 0 Å². The summed E-state index contributed by atoms with van der Waals surface area (Å²) < 4.78 is 30.2. The monoisotopic (exact) mass is 421 g/mol. The minimum atomic E-state index is -3.80. The van der Waals surface area contributed by atoms with Crippen molar-refractivity contribution in [3.63, 3.8) is 0 Å². The van der Waals surface area contributed by atoms with Crippen LogP contribution in [-0.2, 0) is 15.4 Å². The van der Waals surface area contributed by atoms with E-state index in [1.807, 2.05) is 36.4 Å². The Bertz CT molecular complexity index is 1310. The van der Waals surface area contributed by atoms with Crippen LogP contribution < -0.4 is 4.72 Å². The summed E-state index contributed by atoms with van der Waals surface area (Å²) in [7, 11) is -3.80. The Balaban J connectivity index is 1.74. The summed E-state index contributed by atoms with van der Waals surface area (Å²) >= 11 is 0. The van der Waals surface area contributed by atoms with Crippen molar-refractivity contribution in [2.75, 3.05) is 4.72 Å². The third-order valence-corrected chi connectivity index (χ3v) is 6.19. The standard InChI is InChI=1S/C22H23N5O2S/c1-15-13-20(26-30(28,29)17-11-9-16(10-12-17)22(2,3)4)27(25-15)21-18-7-5-6-8-19(18)23-14-24-21/h5-14,26H,1-4H3. The molecule has 30 heavy (non-hydrogen) atoms. The number of para-hydroxylation sites is 1. The van der Waals surface area contributed by atoms with Crippen LogP contribution in [0.5, 0.6) is 0 Å². The average Bonchev–Trinajstić information content (AvgIpc) is 3.06. The molecular weight excluding hydrogens is 398 g/mol. The number of nitrogens with zero attached hydrogens (tertiary/aromatic N) is 4. The normalized spacial score (nSPS) is 12.3. The fourth-order valence-electron chi connectivity index (χ4n) is 3.22. The van der Waals surface area contributed by atoms with Gasteiger partial charge in [-0.3, -0.25) is 4.72 Å². The molecule has 4 aromatic rings. The number of hydrogen-bond donors (Lipinski definition) is 1. The van der Waals surface area contributed by atoms with Crippen molar-refractivity contribution in [2.24, 2.45) is 0 Å². The first kappa shape index (κ1) is 20.0. The third-order valence-electron chi connectivity index (χ3n) is 4.82. The highest BCUT2D eigenvalue weighted by molar-refractivity contribution is 7.92. The van der Waals surface area contributed by atoms with E-state index < -0.39 is 10.0 Å². The first-order valence-corrected chi connectivity index (χ1v) is 11.0. The zero-order valence-corrected chi connectivity index (χ0v) is 18.1. The number of anilines is 1. The second-order valence-corrected chi connectivity index (χ2v) is 9.86. The topological polar surface area (TPSA) is 89.8 Å². The summed E-state index contributed by atoms with van der Waals surface area (Å²) in [5, 5.41) is 5.23. The SMILES string of the molecule is Cc1cc(NS(=O)(=O)c2ccc(C(C)(C)C)cc2)n(-c2ncnc3ccccc23)n1. The van der Waals surface area contributed by atoms with Gasteiger partial charge in [-0.05, 0) is 42.2 Å². The van der Waals surface area contributed by atoms with Gasteiger partial charge in [0.05, 0.1) is 16.1 Å². The van der Waals surface area contributed by atoms with Gasteiger partial charge in [-0.15, -0.1) is 0 Å². The molecule has 4 rings (SSSR count). The molecule has 7 nitrogen and oxygen atoms in total. The third kappa shape index (κ3) is 3.78. The number of hydrogen-bond acceptors (Lipinski definition) is 5. The van der Waals surface area contributed by atoms with E-state index in [-0.39, 0.29) is 10.3 Å². The molecule has 2 aromatic carbocycles. The average molecular weight is 422 g/mol. The van der Waals surface area contributed by atoms with Gasteiger partial charge in [-0.2, -0.15) is 9.78 Å². The molecule has 0 aliphatic heterocycles. The lowest BCUT2D eigenvalue weighted by Crippen LogP contribution is -2.17. The van der Waals surface area contributed by atoms with Crippen molar-refractivity contribution < 1.29 is 8.42 Å². The molecular formula is C22H23N5O2S. The molecule has 0 fully saturated rings. The van der Waals surface area contributed by atoms with Crippen LogP contribution in [0.4, 0.5) is 5.82 Å². The zero-order chi connectivity index (χ0) is 21.5. The molecule has 2 aromatic heterocycles. The fourth-order valence-corrected chi connectivity index (χ4v) is 4.26. The molecule has 0 aliphatic rings. The minimum absolute atomic E-state index is 0.0560. The van der Waals surface area contributed by atoms with Crippen molar-refractivity contribution in [3.05, 3.63) is 72.2 Å². The molecule has 8 heteroatoms. The summed E-state index contributed by atoms with van der Waals surface area (Å²) in [6.45, 7) is 8.06. The molecule has 0 saturated heterocycles. The van der Waals surface area contributed by atoms with Gasteiger partial charge < -0.3 is 0 Å². The summed E-state index contributed by atoms with van der Waals surface area (Å²) in [6.07, 6.45) is 1.44. The molecule has 0 amide bonds. The van der Waals surface area contributed by atoms with Gasteiger partial charge in [0.1, 0.15) is 12.1 Å². The van der Waals surface area contributed by atoms with Crippen molar-refractivity contribution in [1.29, 1.82) is 0 Å². The van der Waals surface area contributed by atoms with E-state index in [1.165, 1.54) is 11.0 Å². The highest BCUT2D eigenvalue weighted by Gasteiger charge is 2.21. The van der Waals surface area contributed by atoms with E-state index in [0.29, 0.717) is 17.3 Å². The number of aromatic nitrogens is 4. The van der Waals surface area contributed by atoms with Gasteiger partial charge in [0.2, 0.25) is 0 Å². The summed E-state index contributed by atoms with van der Waals surface area (Å²) in [5.41, 5.74) is 2.43. The predicted octanol–water partition coefficient (Wildman–Crippen LogP) is 4.22. The van der Waals surface area contributed by atoms with E-state index in [1.54, 1.807) is 25.1 Å². The number of rotatable bonds is 4. The Labute approximate surface area is 175 Å². The fraction of sp³-hybridized carbons (Fsp3) is 0.227. The lowest BCUT2D eigenvalue weighted by atomic mass is 9.87. The first-order chi connectivity index (χ1) is 14.1. The highest BCUT2D eigenvalue weighted by Crippen LogP contribution is 2.26. The Morgan fingerprint density at radius 2 is 1.67 bits per heavy atom. The van der Waals surface area contributed by atoms with Gasteiger partial charge in [0.15, 0.2) is 5.82 Å². The molecule has 2 heterocycles. The number of fused-ring (bicyclic) bond motifs is 1. The van der Waals surface area contributed by atoms with Crippen LogP contribution in [-0.4, -0.2) is 28.2 Å². The molecule has 0 radical (unpaired) electrons. The van der Waals surface area contributed by atoms with Crippen LogP contribution in [0, 0.1) is 6.92 Å². The maximum Gasteiger partial charge on any atom is 0.263 e. The van der Waals surface area contributed by atoms with Crippen LogP contribution in [0.25, 0.3) is 16.7 Å². The Kier molecular flexibility index (Phi) is 4.82. The van der Waals surface area contributed by atoms with Crippen LogP contribution in [0.3, 0.4) is 0 Å². The molecule has 0 saturated carbocycles. The van der Waals surface area contributed by atoms with Crippen molar-refractivity contribution in [1.82, 2.24) is 19.7 Å². The van der Waals surface area contributed by atoms with Crippen LogP contribution in [0.2, 0.25) is 0 Å². The van der Waals surface area contributed by atoms with Gasteiger partial charge >= 0.3 is 0 Å². The number of nitrogens with one attached hydrogen (secondary N) is 1. The van der Waals surface area contributed by atoms with E-state index in [9.17, 15) is 8.42 Å². The summed E-state index contributed by atoms with van der Waals surface area (Å²) in [5.74, 6) is 0.825. The molecule has 0 atom stereocenters. The molecule has 0 unspecified atom stereocenters. The number of aryl methyl sites for hydroxylation is 1. The Morgan fingerprint density at radius 3 is 2.37 bits per heavy atom. The van der Waals surface area contributed by atoms with Crippen molar-refractivity contribution >= 4 is 26.7 Å². The summed E-state index contributed by atoms with van der Waals surface area (Å²) in [6, 6.07) is 16.1. The maximum absolute atomic E-state index is 13.0. The molecule has 0 aliphatic carbocycles. The minimum Gasteiger partial charge on any atom is -0.263 e. The first-order valence-electron chi connectivity index (χ1n) is 9.55. The maximum atomic E-state index is 13.0. The Hall–Kier alpha value is -3.26. The molecule has 0 bridgehead atoms. The van der Waals surface area contributed by atoms with Crippen molar-refractivity contribution in [2.45, 2.75) is 38.0 Å². The molecule has 154 valence electrons. The summed E-state index contributed by atoms with van der Waals surface area (Å²) in [4.78, 5) is 8.80. The van der Waals surface area contributed by atoms with E-state index >= 15 is 0 Å². The largest absolute Gasteiger partial charge is 0.263 e. The zero-order valence-electron chi connectivity index (χ0n) is 17.3. The lowest BCUT2D eigenvalue weighted by molar-refractivity contribution is 0.587. The van der Waals surface area contributed by atoms with Crippen molar-refractivity contribution in [3.8, 4) is 5.82 Å². The van der Waals surface area contributed by atoms with Gasteiger partial charge in [0, 0.05) is 11.5 Å². The lowest BCUT2D eigenvalue weighted by Gasteiger charge is -2.19. The molecule has 1 N–H and O–H groups in total. The van der Waals surface area contributed by atoms with Gasteiger partial charge in [0.25, 0.3) is 10.0 Å². The second kappa shape index (κ2) is 7.21. The smallest absolute Gasteiger partial charge is 0.263 e. The molecule has 0 spiro atoms. The van der Waals surface area contributed by atoms with Gasteiger partial charge in [-0.1, -0.05) is 45.0 Å². The van der Waals surface area contributed by atoms with Gasteiger partial charge in [-0.25, -0.2) is 18.4 Å². The predicted molar refractivity (Wildman–Crippen MR) is 117 cm³/mol. The van der Waals surface area contributed by atoms with E-state index in [4.69, 9.17) is 0 Å².